The first-order valence-corrected chi connectivity index (χ1v) is 13.9. The summed E-state index contributed by atoms with van der Waals surface area (Å²) in [5.41, 5.74) is -0.406. The van der Waals surface area contributed by atoms with Crippen LogP contribution in [-0.2, 0) is 23.3 Å². The van der Waals surface area contributed by atoms with Crippen molar-refractivity contribution in [2.45, 2.75) is 38.4 Å². The van der Waals surface area contributed by atoms with Crippen molar-refractivity contribution in [3.8, 4) is 0 Å². The minimum absolute atomic E-state index is 0.0410. The summed E-state index contributed by atoms with van der Waals surface area (Å²) in [6.07, 6.45) is 6.75. The molecule has 0 radical (unpaired) electrons. The van der Waals surface area contributed by atoms with Crippen LogP contribution in [0.3, 0.4) is 0 Å². The number of anilines is 2. The number of carbonyl (C=O) groups excluding carboxylic acids is 1. The molecule has 1 aromatic carbocycles. The van der Waals surface area contributed by atoms with Crippen LogP contribution in [0.2, 0.25) is 5.02 Å². The van der Waals surface area contributed by atoms with Crippen molar-refractivity contribution in [1.29, 1.82) is 0 Å². The summed E-state index contributed by atoms with van der Waals surface area (Å²) in [5, 5.41) is 3.19. The van der Waals surface area contributed by atoms with E-state index in [4.69, 9.17) is 16.0 Å². The van der Waals surface area contributed by atoms with E-state index < -0.39 is 11.4 Å². The van der Waals surface area contributed by atoms with Crippen molar-refractivity contribution >= 4 is 44.5 Å². The van der Waals surface area contributed by atoms with Gasteiger partial charge in [-0.2, -0.15) is 8.78 Å². The van der Waals surface area contributed by atoms with Gasteiger partial charge in [0.15, 0.2) is 0 Å². The number of amides is 1. The van der Waals surface area contributed by atoms with Crippen molar-refractivity contribution in [3.05, 3.63) is 74.3 Å². The molecule has 0 saturated carbocycles. The molecule has 2 aliphatic rings. The Bertz CT molecular complexity index is 1500. The van der Waals surface area contributed by atoms with Gasteiger partial charge in [0.25, 0.3) is 5.66 Å². The summed E-state index contributed by atoms with van der Waals surface area (Å²) in [5.74, 6) is 0.00630. The number of rotatable bonds is 7. The molecule has 2 unspecified atom stereocenters. The SMILES string of the molecule is Cc1oc(=O)[nH]c1/C=C\C(C)C(=O)N1CC(N2CCc3cnc(Nc4cc(Cl)cc(C(F)(F)P)c4)nc3CC2)C1. The largest absolute Gasteiger partial charge is 0.416 e. The van der Waals surface area contributed by atoms with Gasteiger partial charge >= 0.3 is 5.76 Å². The topological polar surface area (TPSA) is 107 Å². The molecule has 1 saturated heterocycles. The average molecular weight is 591 g/mol. The number of aryl methyl sites for hydroxylation is 1. The van der Waals surface area contributed by atoms with Gasteiger partial charge in [-0.1, -0.05) is 33.8 Å². The van der Waals surface area contributed by atoms with E-state index in [1.54, 1.807) is 31.3 Å². The van der Waals surface area contributed by atoms with Crippen LogP contribution in [0.5, 0.6) is 0 Å². The maximum atomic E-state index is 13.8. The molecule has 2 aliphatic heterocycles. The van der Waals surface area contributed by atoms with E-state index in [-0.39, 0.29) is 28.5 Å². The standard InChI is InChI=1S/C27H30ClF2N6O3P/c1-15(3-4-22-16(2)39-26(38)34-22)24(37)36-13-21(14-36)35-7-5-17-12-31-25(33-23(17)6-8-35)32-20-10-18(27(29,30)40)9-19(28)11-20/h3-4,9-12,15,21H,5-8,13-14,40H2,1-2H3,(H,34,38)(H,31,32,33)/b4-3-. The summed E-state index contributed by atoms with van der Waals surface area (Å²) in [6.45, 7) is 6.47. The van der Waals surface area contributed by atoms with Gasteiger partial charge < -0.3 is 14.6 Å². The van der Waals surface area contributed by atoms with Crippen molar-refractivity contribution in [2.24, 2.45) is 5.92 Å². The average Bonchev–Trinajstić information content (AvgIpc) is 3.05. The number of carbonyl (C=O) groups is 1. The number of hydrogen-bond acceptors (Lipinski definition) is 7. The van der Waals surface area contributed by atoms with E-state index in [2.05, 4.69) is 25.2 Å². The molecule has 2 aromatic heterocycles. The Balaban J connectivity index is 1.16. The van der Waals surface area contributed by atoms with Crippen LogP contribution in [0.4, 0.5) is 20.4 Å². The normalized spacial score (nSPS) is 17.4. The molecule has 2 N–H and O–H groups in total. The third kappa shape index (κ3) is 6.43. The Kier molecular flexibility index (Phi) is 8.08. The van der Waals surface area contributed by atoms with E-state index in [1.807, 2.05) is 11.8 Å². The number of fused-ring (bicyclic) bond motifs is 1. The zero-order valence-electron chi connectivity index (χ0n) is 22.1. The first kappa shape index (κ1) is 28.4. The lowest BCUT2D eigenvalue weighted by molar-refractivity contribution is -0.141. The van der Waals surface area contributed by atoms with Gasteiger partial charge in [-0.3, -0.25) is 14.7 Å². The fourth-order valence-corrected chi connectivity index (χ4v) is 5.36. The van der Waals surface area contributed by atoms with Gasteiger partial charge in [-0.05, 0) is 43.2 Å². The summed E-state index contributed by atoms with van der Waals surface area (Å²) in [4.78, 5) is 40.1. The molecule has 2 atom stereocenters. The maximum absolute atomic E-state index is 13.8. The molecule has 9 nitrogen and oxygen atoms in total. The molecular weight excluding hydrogens is 561 g/mol. The van der Waals surface area contributed by atoms with E-state index in [1.165, 1.54) is 21.4 Å². The van der Waals surface area contributed by atoms with Crippen molar-refractivity contribution in [1.82, 2.24) is 24.8 Å². The number of benzene rings is 1. The summed E-state index contributed by atoms with van der Waals surface area (Å²) in [6, 6.07) is 4.38. The predicted molar refractivity (Wildman–Crippen MR) is 152 cm³/mol. The third-order valence-corrected chi connectivity index (χ3v) is 7.84. The molecule has 13 heteroatoms. The van der Waals surface area contributed by atoms with Gasteiger partial charge in [0, 0.05) is 61.1 Å². The first-order valence-electron chi connectivity index (χ1n) is 13.0. The van der Waals surface area contributed by atoms with Gasteiger partial charge in [0.1, 0.15) is 5.76 Å². The monoisotopic (exact) mass is 590 g/mol. The molecular formula is C27H30ClF2N6O3P. The Morgan fingerprint density at radius 1 is 1.30 bits per heavy atom. The van der Waals surface area contributed by atoms with E-state index in [9.17, 15) is 18.4 Å². The fraction of sp³-hybridized carbons (Fsp3) is 0.407. The van der Waals surface area contributed by atoms with Crippen LogP contribution < -0.4 is 11.1 Å². The number of oxazole rings is 1. The van der Waals surface area contributed by atoms with Crippen LogP contribution in [0.25, 0.3) is 6.08 Å². The van der Waals surface area contributed by atoms with Crippen molar-refractivity contribution in [2.75, 3.05) is 31.5 Å². The van der Waals surface area contributed by atoms with Gasteiger partial charge in [-0.25, -0.2) is 14.8 Å². The molecule has 40 heavy (non-hydrogen) atoms. The number of nitrogens with zero attached hydrogens (tertiary/aromatic N) is 4. The minimum Gasteiger partial charge on any atom is -0.413 e. The van der Waals surface area contributed by atoms with Gasteiger partial charge in [0.05, 0.1) is 17.3 Å². The summed E-state index contributed by atoms with van der Waals surface area (Å²) in [7, 11) is 1.51. The van der Waals surface area contributed by atoms with E-state index in [0.29, 0.717) is 42.6 Å². The van der Waals surface area contributed by atoms with Crippen LogP contribution in [0.1, 0.15) is 35.2 Å². The number of nitrogens with one attached hydrogen (secondary N) is 2. The molecule has 3 aromatic rings. The maximum Gasteiger partial charge on any atom is 0.416 e. The molecule has 4 heterocycles. The number of aromatic nitrogens is 3. The number of alkyl halides is 2. The summed E-state index contributed by atoms with van der Waals surface area (Å²) >= 11 is 6.05. The Morgan fingerprint density at radius 2 is 2.05 bits per heavy atom. The van der Waals surface area contributed by atoms with Crippen LogP contribution in [0.15, 0.2) is 39.7 Å². The third-order valence-electron chi connectivity index (χ3n) is 7.29. The zero-order valence-corrected chi connectivity index (χ0v) is 24.0. The molecule has 1 fully saturated rings. The number of halogens is 3. The highest BCUT2D eigenvalue weighted by Gasteiger charge is 2.36. The molecule has 0 aliphatic carbocycles. The first-order chi connectivity index (χ1) is 19.0. The van der Waals surface area contributed by atoms with Gasteiger partial charge in [0.2, 0.25) is 11.9 Å². The highest BCUT2D eigenvalue weighted by molar-refractivity contribution is 7.17. The molecule has 5 rings (SSSR count). The quantitative estimate of drug-likeness (QED) is 0.394. The van der Waals surface area contributed by atoms with Crippen molar-refractivity contribution in [3.63, 3.8) is 0 Å². The highest BCUT2D eigenvalue weighted by atomic mass is 35.5. The van der Waals surface area contributed by atoms with Gasteiger partial charge in [-0.15, -0.1) is 0 Å². The lowest BCUT2D eigenvalue weighted by atomic mass is 10.0. The number of likely N-dealkylation sites (tertiary alicyclic amines) is 1. The van der Waals surface area contributed by atoms with Crippen LogP contribution in [0, 0.1) is 12.8 Å². The number of aromatic amines is 1. The second-order valence-electron chi connectivity index (χ2n) is 10.2. The zero-order chi connectivity index (χ0) is 28.6. The molecule has 1 amide bonds. The second kappa shape index (κ2) is 11.4. The Morgan fingerprint density at radius 3 is 2.75 bits per heavy atom. The van der Waals surface area contributed by atoms with E-state index >= 15 is 0 Å². The Labute approximate surface area is 237 Å². The number of H-pyrrole nitrogens is 1. The van der Waals surface area contributed by atoms with E-state index in [0.717, 1.165) is 30.8 Å². The minimum atomic E-state index is -3.10. The summed E-state index contributed by atoms with van der Waals surface area (Å²) < 4.78 is 32.5. The Hall–Kier alpha value is -3.14. The van der Waals surface area contributed by atoms with Crippen LogP contribution >= 0.6 is 20.8 Å². The number of hydrogen-bond donors (Lipinski definition) is 2. The van der Waals surface area contributed by atoms with Crippen LogP contribution in [-0.4, -0.2) is 62.9 Å². The lowest BCUT2D eigenvalue weighted by Gasteiger charge is -2.45. The predicted octanol–water partition coefficient (Wildman–Crippen LogP) is 4.35. The second-order valence-corrected chi connectivity index (χ2v) is 11.4. The highest BCUT2D eigenvalue weighted by Crippen LogP contribution is 2.38. The lowest BCUT2D eigenvalue weighted by Crippen LogP contribution is -2.62. The van der Waals surface area contributed by atoms with Crippen molar-refractivity contribution < 1.29 is 18.0 Å². The molecule has 0 spiro atoms. The molecule has 212 valence electrons. The fourth-order valence-electron chi connectivity index (χ4n) is 4.96. The molecule has 0 bridgehead atoms. The smallest absolute Gasteiger partial charge is 0.413 e.